The molecule has 1 aromatic heterocycles. The predicted molar refractivity (Wildman–Crippen MR) is 133 cm³/mol. The van der Waals surface area contributed by atoms with Crippen molar-refractivity contribution in [2.45, 2.75) is 56.0 Å². The lowest BCUT2D eigenvalue weighted by molar-refractivity contribution is 0.375. The van der Waals surface area contributed by atoms with Gasteiger partial charge in [0.1, 0.15) is 17.7 Å². The van der Waals surface area contributed by atoms with E-state index in [4.69, 9.17) is 0 Å². The number of nitrogens with zero attached hydrogens (tertiary/aromatic N) is 1. The Balaban J connectivity index is 0.969. The lowest BCUT2D eigenvalue weighted by Gasteiger charge is -2.22. The van der Waals surface area contributed by atoms with Crippen LogP contribution < -0.4 is 21.3 Å². The van der Waals surface area contributed by atoms with Gasteiger partial charge in [0.25, 0.3) is 0 Å². The summed E-state index contributed by atoms with van der Waals surface area (Å²) >= 11 is 0. The highest BCUT2D eigenvalue weighted by Crippen LogP contribution is 2.46. The average Bonchev–Trinajstić information content (AvgIpc) is 3.51. The van der Waals surface area contributed by atoms with Crippen LogP contribution in [0.2, 0.25) is 0 Å². The van der Waals surface area contributed by atoms with Crippen LogP contribution in [0, 0.1) is 17.8 Å². The monoisotopic (exact) mass is 486 g/mol. The summed E-state index contributed by atoms with van der Waals surface area (Å²) in [5.74, 6) is 1.48. The lowest BCUT2D eigenvalue weighted by Crippen LogP contribution is -2.49. The summed E-state index contributed by atoms with van der Waals surface area (Å²) in [6.45, 7) is 0. The van der Waals surface area contributed by atoms with Gasteiger partial charge in [-0.15, -0.1) is 0 Å². The minimum absolute atomic E-state index is 0.113. The van der Waals surface area contributed by atoms with Crippen molar-refractivity contribution in [1.82, 2.24) is 31.2 Å². The fourth-order valence-corrected chi connectivity index (χ4v) is 6.40. The molecule has 3 unspecified atom stereocenters. The molecular formula is C28H28F2N6. The van der Waals surface area contributed by atoms with Crippen molar-refractivity contribution in [2.24, 2.45) is 11.8 Å². The van der Waals surface area contributed by atoms with Gasteiger partial charge in [-0.05, 0) is 48.6 Å². The van der Waals surface area contributed by atoms with E-state index in [0.29, 0.717) is 29.3 Å². The Hall–Kier alpha value is -3.23. The van der Waals surface area contributed by atoms with Gasteiger partial charge in [0, 0.05) is 29.3 Å². The van der Waals surface area contributed by atoms with Crippen LogP contribution in [0.25, 0.3) is 28.1 Å². The number of aromatic nitrogens is 2. The number of H-pyrrole nitrogens is 1. The van der Waals surface area contributed by atoms with Gasteiger partial charge < -0.3 is 26.3 Å². The topological polar surface area (TPSA) is 76.8 Å². The summed E-state index contributed by atoms with van der Waals surface area (Å²) in [4.78, 5) is 7.42. The smallest absolute Gasteiger partial charge is 0.219 e. The van der Waals surface area contributed by atoms with Crippen molar-refractivity contribution in [2.75, 3.05) is 0 Å². The van der Waals surface area contributed by atoms with Crippen LogP contribution in [0.15, 0.2) is 54.5 Å². The fourth-order valence-electron chi connectivity index (χ4n) is 6.40. The molecule has 2 saturated carbocycles. The molecule has 0 spiro atoms. The molecule has 5 N–H and O–H groups in total. The second-order valence-electron chi connectivity index (χ2n) is 11.1. The molecule has 4 heterocycles. The third-order valence-electron chi connectivity index (χ3n) is 8.66. The Bertz CT molecular complexity index is 1340. The molecular weight excluding hydrogens is 458 g/mol. The SMILES string of the molecule is FC1=C(c2ccc(-c3ccc(-c4nc([C@@H]5CC6C[C@H]6N5)[nH]c4F)cc3)cc2)NC([C@@H]2C[C@H]3CC3N2)N1. The molecule has 5 aliphatic rings. The zero-order valence-electron chi connectivity index (χ0n) is 19.7. The fraction of sp³-hybridized carbons (Fsp3) is 0.393. The van der Waals surface area contributed by atoms with Crippen molar-refractivity contribution in [3.05, 3.63) is 71.8 Å². The maximum absolute atomic E-state index is 14.7. The Morgan fingerprint density at radius 1 is 0.667 bits per heavy atom. The third kappa shape index (κ3) is 3.46. The Morgan fingerprint density at radius 2 is 1.28 bits per heavy atom. The summed E-state index contributed by atoms with van der Waals surface area (Å²) in [6.07, 6.45) is 4.49. The minimum Gasteiger partial charge on any atom is -0.360 e. The van der Waals surface area contributed by atoms with Crippen LogP contribution in [-0.2, 0) is 0 Å². The molecule has 8 heteroatoms. The zero-order valence-corrected chi connectivity index (χ0v) is 19.7. The van der Waals surface area contributed by atoms with Crippen molar-refractivity contribution in [3.8, 4) is 22.4 Å². The standard InChI is InChI=1S/C28H28F2N6/c29-25-23(33-27(35-25)21-11-17-9-19(17)31-21)15-5-1-13(2-6-15)14-3-7-16(8-4-14)24-26(30)36-28(34-24)22-12-18-10-20(18)32-22/h1-8,17-22,27,31-33,35H,9-12H2,(H,34,36)/t17-,18?,19?,20-,21+,22+,27?/m1/s1. The van der Waals surface area contributed by atoms with Crippen LogP contribution in [0.3, 0.4) is 0 Å². The summed E-state index contributed by atoms with van der Waals surface area (Å²) in [7, 11) is 0. The Labute approximate surface area is 208 Å². The first kappa shape index (κ1) is 20.9. The highest BCUT2D eigenvalue weighted by atomic mass is 19.1. The number of rotatable bonds is 5. The van der Waals surface area contributed by atoms with Gasteiger partial charge in [-0.3, -0.25) is 0 Å². The minimum atomic E-state index is -0.388. The first-order chi connectivity index (χ1) is 17.6. The van der Waals surface area contributed by atoms with Crippen LogP contribution in [0.4, 0.5) is 8.78 Å². The first-order valence-electron chi connectivity index (χ1n) is 13.0. The van der Waals surface area contributed by atoms with E-state index in [2.05, 4.69) is 31.2 Å². The second-order valence-corrected chi connectivity index (χ2v) is 11.1. The summed E-state index contributed by atoms with van der Waals surface area (Å²) in [5, 5.41) is 13.4. The van der Waals surface area contributed by atoms with Crippen LogP contribution in [0.1, 0.15) is 43.1 Å². The maximum atomic E-state index is 14.7. The largest absolute Gasteiger partial charge is 0.360 e. The molecule has 36 heavy (non-hydrogen) atoms. The van der Waals surface area contributed by atoms with Crippen molar-refractivity contribution >= 4 is 5.70 Å². The van der Waals surface area contributed by atoms with Gasteiger partial charge in [0.05, 0.1) is 11.7 Å². The number of hydrogen-bond donors (Lipinski definition) is 5. The molecule has 4 fully saturated rings. The molecule has 8 rings (SSSR count). The van der Waals surface area contributed by atoms with E-state index < -0.39 is 0 Å². The van der Waals surface area contributed by atoms with Crippen molar-refractivity contribution in [1.29, 1.82) is 0 Å². The number of fused-ring (bicyclic) bond motifs is 2. The molecule has 184 valence electrons. The van der Waals surface area contributed by atoms with Crippen molar-refractivity contribution < 1.29 is 8.78 Å². The molecule has 0 amide bonds. The van der Waals surface area contributed by atoms with Crippen LogP contribution in [0.5, 0.6) is 0 Å². The van der Waals surface area contributed by atoms with E-state index in [1.807, 2.05) is 48.5 Å². The number of benzene rings is 2. The number of nitrogens with one attached hydrogen (secondary N) is 5. The quantitative estimate of drug-likeness (QED) is 0.350. The molecule has 0 radical (unpaired) electrons. The Kier molecular flexibility index (Phi) is 4.43. The predicted octanol–water partition coefficient (Wildman–Crippen LogP) is 4.17. The van der Waals surface area contributed by atoms with E-state index in [9.17, 15) is 8.78 Å². The van der Waals surface area contributed by atoms with Gasteiger partial charge in [-0.25, -0.2) is 4.98 Å². The lowest BCUT2D eigenvalue weighted by atomic mass is 10.0. The van der Waals surface area contributed by atoms with E-state index in [0.717, 1.165) is 46.9 Å². The molecule has 6 nitrogen and oxygen atoms in total. The first-order valence-corrected chi connectivity index (χ1v) is 13.0. The highest BCUT2D eigenvalue weighted by molar-refractivity contribution is 5.73. The molecule has 7 atom stereocenters. The molecule has 3 aliphatic heterocycles. The number of hydrogen-bond acceptors (Lipinski definition) is 5. The summed E-state index contributed by atoms with van der Waals surface area (Å²) < 4.78 is 29.4. The second kappa shape index (κ2) is 7.63. The van der Waals surface area contributed by atoms with Gasteiger partial charge in [-0.1, -0.05) is 48.5 Å². The van der Waals surface area contributed by atoms with Gasteiger partial charge in [0.15, 0.2) is 0 Å². The van der Waals surface area contributed by atoms with Gasteiger partial charge in [-0.2, -0.15) is 8.78 Å². The van der Waals surface area contributed by atoms with E-state index >= 15 is 0 Å². The van der Waals surface area contributed by atoms with Gasteiger partial charge >= 0.3 is 0 Å². The molecule has 2 aromatic carbocycles. The number of imidazole rings is 1. The van der Waals surface area contributed by atoms with Crippen molar-refractivity contribution in [3.63, 3.8) is 0 Å². The number of aromatic amines is 1. The summed E-state index contributed by atoms with van der Waals surface area (Å²) in [6, 6.07) is 17.2. The molecule has 2 saturated heterocycles. The molecule has 3 aromatic rings. The Morgan fingerprint density at radius 3 is 1.92 bits per heavy atom. The normalized spacial score (nSPS) is 33.8. The molecule has 0 bridgehead atoms. The highest BCUT2D eigenvalue weighted by Gasteiger charge is 2.49. The number of piperidine rings is 2. The molecule has 2 aliphatic carbocycles. The van der Waals surface area contributed by atoms with Crippen LogP contribution in [-0.4, -0.2) is 34.3 Å². The zero-order chi connectivity index (χ0) is 24.0. The van der Waals surface area contributed by atoms with E-state index in [-0.39, 0.29) is 30.1 Å². The summed E-state index contributed by atoms with van der Waals surface area (Å²) in [5.41, 5.74) is 4.47. The van der Waals surface area contributed by atoms with E-state index in [1.54, 1.807) is 0 Å². The number of halogens is 2. The van der Waals surface area contributed by atoms with E-state index in [1.165, 1.54) is 12.8 Å². The average molecular weight is 487 g/mol. The third-order valence-corrected chi connectivity index (χ3v) is 8.66. The maximum Gasteiger partial charge on any atom is 0.219 e. The van der Waals surface area contributed by atoms with Crippen LogP contribution >= 0.6 is 0 Å². The van der Waals surface area contributed by atoms with Gasteiger partial charge in [0.2, 0.25) is 11.9 Å².